The lowest BCUT2D eigenvalue weighted by Crippen LogP contribution is -2.31. The molecule has 1 heterocycles. The number of aromatic hydroxyl groups is 2. The largest absolute Gasteiger partial charge is 0.504 e. The quantitative estimate of drug-likeness (QED) is 0.403. The lowest BCUT2D eigenvalue weighted by molar-refractivity contribution is -0.120. The molecule has 0 aliphatic rings. The average Bonchev–Trinajstić information content (AvgIpc) is 2.67. The highest BCUT2D eigenvalue weighted by atomic mass is 16.4. The maximum absolute atomic E-state index is 12.2. The zero-order valence-corrected chi connectivity index (χ0v) is 14.6. The Labute approximate surface area is 154 Å². The van der Waals surface area contributed by atoms with Gasteiger partial charge in [-0.2, -0.15) is 0 Å². The van der Waals surface area contributed by atoms with Gasteiger partial charge in [-0.25, -0.2) is 4.79 Å². The van der Waals surface area contributed by atoms with Crippen LogP contribution in [0, 0.1) is 6.92 Å². The fourth-order valence-electron chi connectivity index (χ4n) is 2.86. The Morgan fingerprint density at radius 2 is 1.85 bits per heavy atom. The number of aliphatic hydroxyl groups is 1. The number of benzene rings is 2. The minimum absolute atomic E-state index is 0.00939. The third kappa shape index (κ3) is 3.78. The summed E-state index contributed by atoms with van der Waals surface area (Å²) in [6, 6.07) is 11.7. The molecule has 2 aromatic carbocycles. The first-order valence-corrected chi connectivity index (χ1v) is 8.35. The molecule has 0 saturated carbocycles. The van der Waals surface area contributed by atoms with Crippen LogP contribution in [0.15, 0.2) is 51.7 Å². The molecule has 7 nitrogen and oxygen atoms in total. The van der Waals surface area contributed by atoms with E-state index in [0.29, 0.717) is 16.5 Å². The lowest BCUT2D eigenvalue weighted by atomic mass is 10.0. The topological polar surface area (TPSA) is 120 Å². The number of amides is 1. The molecule has 1 atom stereocenters. The monoisotopic (exact) mass is 369 g/mol. The first-order valence-electron chi connectivity index (χ1n) is 8.35. The van der Waals surface area contributed by atoms with Crippen LogP contribution in [0.4, 0.5) is 0 Å². The van der Waals surface area contributed by atoms with Crippen LogP contribution in [-0.4, -0.2) is 27.8 Å². The van der Waals surface area contributed by atoms with Gasteiger partial charge in [0.25, 0.3) is 0 Å². The Hall–Kier alpha value is -3.32. The minimum Gasteiger partial charge on any atom is -0.504 e. The van der Waals surface area contributed by atoms with Gasteiger partial charge in [0.2, 0.25) is 11.7 Å². The molecule has 3 rings (SSSR count). The van der Waals surface area contributed by atoms with Crippen molar-refractivity contribution in [2.75, 3.05) is 6.54 Å². The molecule has 7 heteroatoms. The molecular weight excluding hydrogens is 350 g/mol. The van der Waals surface area contributed by atoms with Crippen molar-refractivity contribution in [3.8, 4) is 11.5 Å². The number of rotatable bonds is 5. The zero-order valence-electron chi connectivity index (χ0n) is 14.6. The van der Waals surface area contributed by atoms with Crippen LogP contribution in [0.3, 0.4) is 0 Å². The van der Waals surface area contributed by atoms with E-state index in [1.54, 1.807) is 31.2 Å². The summed E-state index contributed by atoms with van der Waals surface area (Å²) in [4.78, 5) is 24.4. The molecule has 0 fully saturated rings. The summed E-state index contributed by atoms with van der Waals surface area (Å²) in [6.07, 6.45) is -1.09. The highest BCUT2D eigenvalue weighted by Gasteiger charge is 2.18. The van der Waals surface area contributed by atoms with E-state index in [-0.39, 0.29) is 24.1 Å². The Morgan fingerprint density at radius 1 is 1.15 bits per heavy atom. The maximum Gasteiger partial charge on any atom is 0.340 e. The van der Waals surface area contributed by atoms with Crippen LogP contribution in [0.25, 0.3) is 11.0 Å². The summed E-state index contributed by atoms with van der Waals surface area (Å²) in [5.41, 5.74) is 0.421. The fraction of sp³-hybridized carbons (Fsp3) is 0.200. The van der Waals surface area contributed by atoms with E-state index in [0.717, 1.165) is 0 Å². The second-order valence-corrected chi connectivity index (χ2v) is 6.21. The van der Waals surface area contributed by atoms with E-state index < -0.39 is 29.1 Å². The van der Waals surface area contributed by atoms with Crippen LogP contribution in [0.1, 0.15) is 22.8 Å². The summed E-state index contributed by atoms with van der Waals surface area (Å²) >= 11 is 0. The molecular formula is C20H19NO6. The van der Waals surface area contributed by atoms with Crippen LogP contribution < -0.4 is 10.9 Å². The second kappa shape index (κ2) is 7.51. The lowest BCUT2D eigenvalue weighted by Gasteiger charge is -2.13. The predicted octanol–water partition coefficient (Wildman–Crippen LogP) is 1.90. The highest BCUT2D eigenvalue weighted by molar-refractivity contribution is 5.89. The van der Waals surface area contributed by atoms with E-state index in [4.69, 9.17) is 4.42 Å². The summed E-state index contributed by atoms with van der Waals surface area (Å²) in [7, 11) is 0. The number of carbonyl (C=O) groups is 1. The molecule has 1 aromatic heterocycles. The smallest absolute Gasteiger partial charge is 0.340 e. The molecule has 0 radical (unpaired) electrons. The van der Waals surface area contributed by atoms with Crippen LogP contribution in [-0.2, 0) is 11.2 Å². The maximum atomic E-state index is 12.2. The third-order valence-corrected chi connectivity index (χ3v) is 4.42. The van der Waals surface area contributed by atoms with Gasteiger partial charge in [-0.1, -0.05) is 30.3 Å². The molecule has 4 N–H and O–H groups in total. The summed E-state index contributed by atoms with van der Waals surface area (Å²) in [6.45, 7) is 1.65. The normalized spacial score (nSPS) is 12.1. The van der Waals surface area contributed by atoms with E-state index in [9.17, 15) is 24.9 Å². The van der Waals surface area contributed by atoms with Crippen LogP contribution in [0.5, 0.6) is 11.5 Å². The molecule has 0 spiro atoms. The number of aryl methyl sites for hydroxylation is 1. The highest BCUT2D eigenvalue weighted by Crippen LogP contribution is 2.34. The van der Waals surface area contributed by atoms with Gasteiger partial charge in [0.15, 0.2) is 11.3 Å². The number of phenolic OH excluding ortho intramolecular Hbond substituents is 2. The number of phenols is 2. The number of carbonyl (C=O) groups excluding carboxylic acids is 1. The van der Waals surface area contributed by atoms with E-state index in [1.807, 2.05) is 6.07 Å². The van der Waals surface area contributed by atoms with E-state index in [1.165, 1.54) is 12.1 Å². The number of hydrogen-bond donors (Lipinski definition) is 4. The molecule has 140 valence electrons. The molecule has 0 unspecified atom stereocenters. The van der Waals surface area contributed by atoms with Crippen molar-refractivity contribution in [2.24, 2.45) is 0 Å². The van der Waals surface area contributed by atoms with Crippen molar-refractivity contribution < 1.29 is 24.5 Å². The molecule has 0 bridgehead atoms. The first kappa shape index (κ1) is 18.5. The van der Waals surface area contributed by atoms with Crippen molar-refractivity contribution in [2.45, 2.75) is 19.4 Å². The number of nitrogens with one attached hydrogen (secondary N) is 1. The molecule has 1 amide bonds. The zero-order chi connectivity index (χ0) is 19.6. The van der Waals surface area contributed by atoms with Gasteiger partial charge in [0, 0.05) is 11.9 Å². The van der Waals surface area contributed by atoms with Crippen LogP contribution >= 0.6 is 0 Å². The van der Waals surface area contributed by atoms with Gasteiger partial charge < -0.3 is 25.1 Å². The summed E-state index contributed by atoms with van der Waals surface area (Å²) in [5, 5.41) is 32.5. The molecule has 0 aliphatic heterocycles. The number of aliphatic hydroxyl groups excluding tert-OH is 1. The molecule has 27 heavy (non-hydrogen) atoms. The Bertz CT molecular complexity index is 1040. The Morgan fingerprint density at radius 3 is 2.56 bits per heavy atom. The standard InChI is InChI=1S/C20H19NO6/c1-11-13-7-8-15(22)18(25)19(13)27-20(26)14(11)9-17(24)21-10-16(23)12-5-3-2-4-6-12/h2-8,16,22-23,25H,9-10H2,1H3,(H,21,24)/t16-/m1/s1. The van der Waals surface area contributed by atoms with Crippen molar-refractivity contribution >= 4 is 16.9 Å². The fourth-order valence-corrected chi connectivity index (χ4v) is 2.86. The first-order chi connectivity index (χ1) is 12.9. The molecule has 3 aromatic rings. The second-order valence-electron chi connectivity index (χ2n) is 6.21. The Balaban J connectivity index is 1.77. The minimum atomic E-state index is -0.857. The van der Waals surface area contributed by atoms with Gasteiger partial charge in [-0.3, -0.25) is 4.79 Å². The van der Waals surface area contributed by atoms with Crippen molar-refractivity contribution in [1.29, 1.82) is 0 Å². The van der Waals surface area contributed by atoms with Crippen LogP contribution in [0.2, 0.25) is 0 Å². The molecule has 0 saturated heterocycles. The van der Waals surface area contributed by atoms with E-state index >= 15 is 0 Å². The summed E-state index contributed by atoms with van der Waals surface area (Å²) in [5.74, 6) is -1.36. The van der Waals surface area contributed by atoms with Gasteiger partial charge in [0.05, 0.1) is 18.1 Å². The van der Waals surface area contributed by atoms with Crippen molar-refractivity contribution in [3.63, 3.8) is 0 Å². The average molecular weight is 369 g/mol. The van der Waals surface area contributed by atoms with Gasteiger partial charge in [-0.05, 0) is 30.2 Å². The molecule has 0 aliphatic carbocycles. The van der Waals surface area contributed by atoms with Gasteiger partial charge >= 0.3 is 5.63 Å². The van der Waals surface area contributed by atoms with Gasteiger partial charge in [0.1, 0.15) is 0 Å². The van der Waals surface area contributed by atoms with E-state index in [2.05, 4.69) is 5.32 Å². The third-order valence-electron chi connectivity index (χ3n) is 4.42. The predicted molar refractivity (Wildman–Crippen MR) is 98.7 cm³/mol. The van der Waals surface area contributed by atoms with Crippen molar-refractivity contribution in [3.05, 3.63) is 69.6 Å². The van der Waals surface area contributed by atoms with Gasteiger partial charge in [-0.15, -0.1) is 0 Å². The summed E-state index contributed by atoms with van der Waals surface area (Å²) < 4.78 is 5.09. The van der Waals surface area contributed by atoms with Crippen molar-refractivity contribution in [1.82, 2.24) is 5.32 Å². The number of fused-ring (bicyclic) bond motifs is 1. The SMILES string of the molecule is Cc1c(CC(=O)NC[C@@H](O)c2ccccc2)c(=O)oc2c(O)c(O)ccc12. The Kier molecular flexibility index (Phi) is 5.14. The number of hydrogen-bond acceptors (Lipinski definition) is 6.